The standard InChI is InChI=1S/C13H23NO4/c15-11(13(17)18)9-14-12(16)8-4-7-10-5-2-1-3-6-10/h10-11,15H,1-9H2,(H,14,16)(H,17,18)/t11-/m0/s1. The first-order valence-corrected chi connectivity index (χ1v) is 6.77. The molecule has 1 fully saturated rings. The molecule has 3 N–H and O–H groups in total. The van der Waals surface area contributed by atoms with Crippen LogP contribution in [0.1, 0.15) is 51.4 Å². The number of hydrogen-bond acceptors (Lipinski definition) is 3. The average Bonchev–Trinajstić information content (AvgIpc) is 2.37. The van der Waals surface area contributed by atoms with Crippen molar-refractivity contribution in [3.05, 3.63) is 0 Å². The van der Waals surface area contributed by atoms with Crippen molar-refractivity contribution in [3.63, 3.8) is 0 Å². The molecule has 1 saturated carbocycles. The van der Waals surface area contributed by atoms with Crippen molar-refractivity contribution in [1.82, 2.24) is 5.32 Å². The van der Waals surface area contributed by atoms with Crippen LogP contribution in [0.4, 0.5) is 0 Å². The van der Waals surface area contributed by atoms with E-state index in [1.807, 2.05) is 0 Å². The van der Waals surface area contributed by atoms with Crippen molar-refractivity contribution < 1.29 is 19.8 Å². The minimum Gasteiger partial charge on any atom is -0.479 e. The Kier molecular flexibility index (Phi) is 6.72. The Hall–Kier alpha value is -1.10. The van der Waals surface area contributed by atoms with Gasteiger partial charge in [0.05, 0.1) is 6.54 Å². The number of aliphatic hydroxyl groups excluding tert-OH is 1. The fourth-order valence-electron chi connectivity index (χ4n) is 2.41. The van der Waals surface area contributed by atoms with Gasteiger partial charge >= 0.3 is 5.97 Å². The number of amides is 1. The third-order valence-corrected chi connectivity index (χ3v) is 3.52. The molecular formula is C13H23NO4. The second kappa shape index (κ2) is 8.08. The maximum atomic E-state index is 11.4. The molecular weight excluding hydrogens is 234 g/mol. The van der Waals surface area contributed by atoms with Crippen LogP contribution in [0.2, 0.25) is 0 Å². The van der Waals surface area contributed by atoms with Crippen molar-refractivity contribution in [2.24, 2.45) is 5.92 Å². The molecule has 0 unspecified atom stereocenters. The van der Waals surface area contributed by atoms with Crippen LogP contribution in [0.15, 0.2) is 0 Å². The van der Waals surface area contributed by atoms with Crippen molar-refractivity contribution in [3.8, 4) is 0 Å². The highest BCUT2D eigenvalue weighted by Crippen LogP contribution is 2.27. The van der Waals surface area contributed by atoms with E-state index in [9.17, 15) is 9.59 Å². The third kappa shape index (κ3) is 6.00. The Morgan fingerprint density at radius 3 is 2.50 bits per heavy atom. The van der Waals surface area contributed by atoms with E-state index < -0.39 is 12.1 Å². The van der Waals surface area contributed by atoms with Crippen molar-refractivity contribution >= 4 is 11.9 Å². The lowest BCUT2D eigenvalue weighted by molar-refractivity contribution is -0.146. The molecule has 0 heterocycles. The average molecular weight is 257 g/mol. The van der Waals surface area contributed by atoms with E-state index in [1.165, 1.54) is 32.1 Å². The summed E-state index contributed by atoms with van der Waals surface area (Å²) in [5, 5.41) is 19.9. The summed E-state index contributed by atoms with van der Waals surface area (Å²) in [6.07, 6.45) is 7.34. The van der Waals surface area contributed by atoms with E-state index in [1.54, 1.807) is 0 Å². The van der Waals surface area contributed by atoms with Crippen LogP contribution >= 0.6 is 0 Å². The number of nitrogens with one attached hydrogen (secondary N) is 1. The van der Waals surface area contributed by atoms with Crippen molar-refractivity contribution in [2.75, 3.05) is 6.54 Å². The molecule has 5 nitrogen and oxygen atoms in total. The maximum Gasteiger partial charge on any atom is 0.334 e. The number of carboxylic acid groups (broad SMARTS) is 1. The topological polar surface area (TPSA) is 86.6 Å². The van der Waals surface area contributed by atoms with Crippen LogP contribution in [0.25, 0.3) is 0 Å². The summed E-state index contributed by atoms with van der Waals surface area (Å²) in [6, 6.07) is 0. The van der Waals surface area contributed by atoms with E-state index in [0.717, 1.165) is 18.8 Å². The Labute approximate surface area is 108 Å². The molecule has 0 aromatic heterocycles. The van der Waals surface area contributed by atoms with Gasteiger partial charge in [0, 0.05) is 6.42 Å². The lowest BCUT2D eigenvalue weighted by atomic mass is 9.86. The molecule has 1 rings (SSSR count). The van der Waals surface area contributed by atoms with Crippen molar-refractivity contribution in [2.45, 2.75) is 57.5 Å². The highest BCUT2D eigenvalue weighted by atomic mass is 16.4. The first-order valence-electron chi connectivity index (χ1n) is 6.77. The lowest BCUT2D eigenvalue weighted by Crippen LogP contribution is -2.36. The van der Waals surface area contributed by atoms with Crippen LogP contribution in [0, 0.1) is 5.92 Å². The minimum absolute atomic E-state index is 0.175. The number of aliphatic carboxylic acids is 1. The second-order valence-electron chi connectivity index (χ2n) is 5.05. The Balaban J connectivity index is 2.04. The summed E-state index contributed by atoms with van der Waals surface area (Å²) in [5.74, 6) is -0.722. The monoisotopic (exact) mass is 257 g/mol. The largest absolute Gasteiger partial charge is 0.479 e. The molecule has 0 aromatic carbocycles. The summed E-state index contributed by atoms with van der Waals surface area (Å²) in [4.78, 5) is 21.7. The summed E-state index contributed by atoms with van der Waals surface area (Å²) in [7, 11) is 0. The lowest BCUT2D eigenvalue weighted by Gasteiger charge is -2.21. The molecule has 5 heteroatoms. The van der Waals surface area contributed by atoms with E-state index in [2.05, 4.69) is 5.32 Å². The van der Waals surface area contributed by atoms with E-state index >= 15 is 0 Å². The molecule has 0 bridgehead atoms. The first kappa shape index (κ1) is 15.0. The SMILES string of the molecule is O=C(CCCC1CCCCC1)NC[C@H](O)C(=O)O. The first-order chi connectivity index (χ1) is 8.59. The normalized spacial score (nSPS) is 18.3. The number of aliphatic hydroxyl groups is 1. The van der Waals surface area contributed by atoms with E-state index in [4.69, 9.17) is 10.2 Å². The highest BCUT2D eigenvalue weighted by Gasteiger charge is 2.15. The predicted molar refractivity (Wildman–Crippen MR) is 67.1 cm³/mol. The van der Waals surface area contributed by atoms with Gasteiger partial charge in [-0.25, -0.2) is 4.79 Å². The summed E-state index contributed by atoms with van der Waals surface area (Å²) in [5.41, 5.74) is 0. The molecule has 1 aliphatic rings. The van der Waals surface area contributed by atoms with Crippen LogP contribution in [0.3, 0.4) is 0 Å². The van der Waals surface area contributed by atoms with Gasteiger partial charge in [-0.2, -0.15) is 0 Å². The number of hydrogen-bond donors (Lipinski definition) is 3. The smallest absolute Gasteiger partial charge is 0.334 e. The number of carbonyl (C=O) groups excluding carboxylic acids is 1. The van der Waals surface area contributed by atoms with Gasteiger partial charge in [-0.1, -0.05) is 32.1 Å². The second-order valence-corrected chi connectivity index (χ2v) is 5.05. The van der Waals surface area contributed by atoms with Gasteiger partial charge in [0.25, 0.3) is 0 Å². The number of carboxylic acids is 1. The van der Waals surface area contributed by atoms with Crippen LogP contribution < -0.4 is 5.32 Å². The molecule has 1 aliphatic carbocycles. The van der Waals surface area contributed by atoms with Crippen LogP contribution in [0.5, 0.6) is 0 Å². The Morgan fingerprint density at radius 1 is 1.22 bits per heavy atom. The third-order valence-electron chi connectivity index (χ3n) is 3.52. The number of rotatable bonds is 7. The molecule has 0 spiro atoms. The summed E-state index contributed by atoms with van der Waals surface area (Å²) >= 11 is 0. The van der Waals surface area contributed by atoms with Gasteiger partial charge in [0.1, 0.15) is 0 Å². The summed E-state index contributed by atoms with van der Waals surface area (Å²) < 4.78 is 0. The summed E-state index contributed by atoms with van der Waals surface area (Å²) in [6.45, 7) is -0.211. The zero-order chi connectivity index (χ0) is 13.4. The van der Waals surface area contributed by atoms with Gasteiger partial charge < -0.3 is 15.5 Å². The van der Waals surface area contributed by atoms with Gasteiger partial charge in [0.2, 0.25) is 5.91 Å². The Bertz CT molecular complexity index is 274. The van der Waals surface area contributed by atoms with Gasteiger partial charge in [-0.3, -0.25) is 4.79 Å². The molecule has 104 valence electrons. The quantitative estimate of drug-likeness (QED) is 0.641. The van der Waals surface area contributed by atoms with Gasteiger partial charge in [-0.15, -0.1) is 0 Å². The van der Waals surface area contributed by atoms with Gasteiger partial charge in [-0.05, 0) is 18.8 Å². The zero-order valence-electron chi connectivity index (χ0n) is 10.7. The fourth-order valence-corrected chi connectivity index (χ4v) is 2.41. The minimum atomic E-state index is -1.51. The molecule has 18 heavy (non-hydrogen) atoms. The zero-order valence-corrected chi connectivity index (χ0v) is 10.7. The maximum absolute atomic E-state index is 11.4. The Morgan fingerprint density at radius 2 is 1.89 bits per heavy atom. The molecule has 0 aromatic rings. The van der Waals surface area contributed by atoms with Gasteiger partial charge in [0.15, 0.2) is 6.10 Å². The molecule has 0 radical (unpaired) electrons. The van der Waals surface area contributed by atoms with E-state index in [-0.39, 0.29) is 12.5 Å². The molecule has 1 amide bonds. The molecule has 0 saturated heterocycles. The fraction of sp³-hybridized carbons (Fsp3) is 0.846. The number of carbonyl (C=O) groups is 2. The molecule has 1 atom stereocenters. The molecule has 0 aliphatic heterocycles. The van der Waals surface area contributed by atoms with Crippen LogP contribution in [-0.4, -0.2) is 34.7 Å². The van der Waals surface area contributed by atoms with Crippen molar-refractivity contribution in [1.29, 1.82) is 0 Å². The predicted octanol–water partition coefficient (Wildman–Crippen LogP) is 1.30. The highest BCUT2D eigenvalue weighted by molar-refractivity contribution is 5.77. The van der Waals surface area contributed by atoms with E-state index in [0.29, 0.717) is 6.42 Å². The van der Waals surface area contributed by atoms with Crippen LogP contribution in [-0.2, 0) is 9.59 Å².